The molecule has 180 valence electrons. The zero-order valence-corrected chi connectivity index (χ0v) is 19.4. The third-order valence-corrected chi connectivity index (χ3v) is 6.97. The summed E-state index contributed by atoms with van der Waals surface area (Å²) in [7, 11) is 0. The fraction of sp³-hybridized carbons (Fsp3) is 0.280. The first-order chi connectivity index (χ1) is 17.0. The number of fused-ring (bicyclic) bond motifs is 3. The number of carbonyl (C=O) groups excluding carboxylic acids is 2. The lowest BCUT2D eigenvalue weighted by Gasteiger charge is -2.14. The van der Waals surface area contributed by atoms with Gasteiger partial charge in [0.25, 0.3) is 5.91 Å². The Morgan fingerprint density at radius 2 is 1.77 bits per heavy atom. The van der Waals surface area contributed by atoms with Gasteiger partial charge in [0.05, 0.1) is 18.6 Å². The number of carboxylic acid groups (broad SMARTS) is 1. The summed E-state index contributed by atoms with van der Waals surface area (Å²) in [5.41, 5.74) is 4.69. The number of nitrogens with zero attached hydrogens (tertiary/aromatic N) is 1. The number of amides is 2. The SMILES string of the molecule is O=C(Nc1nc(C(=O)NCC2CC(C(=O)O)CO2)cs1)OCC1c2ccccc2-c2ccccc21. The van der Waals surface area contributed by atoms with Crippen molar-refractivity contribution in [3.8, 4) is 11.1 Å². The summed E-state index contributed by atoms with van der Waals surface area (Å²) in [6.45, 7) is 0.507. The Labute approximate surface area is 205 Å². The third-order valence-electron chi connectivity index (χ3n) is 6.21. The number of rotatable bonds is 7. The minimum atomic E-state index is -0.901. The van der Waals surface area contributed by atoms with Crippen LogP contribution in [0.25, 0.3) is 11.1 Å². The highest BCUT2D eigenvalue weighted by Gasteiger charge is 2.31. The number of nitrogens with one attached hydrogen (secondary N) is 2. The maximum absolute atomic E-state index is 12.4. The molecule has 1 aromatic heterocycles. The summed E-state index contributed by atoms with van der Waals surface area (Å²) >= 11 is 1.11. The molecule has 2 aliphatic rings. The molecule has 0 spiro atoms. The molecule has 2 aromatic carbocycles. The largest absolute Gasteiger partial charge is 0.481 e. The Kier molecular flexibility index (Phi) is 6.47. The van der Waals surface area contributed by atoms with Gasteiger partial charge in [-0.25, -0.2) is 9.78 Å². The summed E-state index contributed by atoms with van der Waals surface area (Å²) in [6.07, 6.45) is -0.647. The second-order valence-electron chi connectivity index (χ2n) is 8.42. The van der Waals surface area contributed by atoms with E-state index in [1.807, 2.05) is 36.4 Å². The monoisotopic (exact) mass is 493 g/mol. The van der Waals surface area contributed by atoms with E-state index in [4.69, 9.17) is 14.6 Å². The molecule has 3 N–H and O–H groups in total. The Morgan fingerprint density at radius 1 is 1.09 bits per heavy atom. The van der Waals surface area contributed by atoms with Crippen molar-refractivity contribution >= 4 is 34.4 Å². The number of aromatic nitrogens is 1. The van der Waals surface area contributed by atoms with Crippen molar-refractivity contribution in [3.05, 3.63) is 70.7 Å². The number of carboxylic acids is 1. The van der Waals surface area contributed by atoms with Crippen molar-refractivity contribution in [3.63, 3.8) is 0 Å². The van der Waals surface area contributed by atoms with Gasteiger partial charge in [-0.1, -0.05) is 48.5 Å². The van der Waals surface area contributed by atoms with E-state index in [0.29, 0.717) is 6.42 Å². The smallest absolute Gasteiger partial charge is 0.413 e. The van der Waals surface area contributed by atoms with Crippen LogP contribution in [0.3, 0.4) is 0 Å². The number of thiazole rings is 1. The second-order valence-corrected chi connectivity index (χ2v) is 9.28. The third kappa shape index (κ3) is 4.89. The molecule has 2 unspecified atom stereocenters. The van der Waals surface area contributed by atoms with Gasteiger partial charge in [-0.3, -0.25) is 14.9 Å². The normalized spacial score (nSPS) is 18.5. The van der Waals surface area contributed by atoms with Crippen LogP contribution in [-0.2, 0) is 14.3 Å². The van der Waals surface area contributed by atoms with Crippen molar-refractivity contribution in [2.75, 3.05) is 25.1 Å². The number of hydrogen-bond acceptors (Lipinski definition) is 7. The topological polar surface area (TPSA) is 127 Å². The summed E-state index contributed by atoms with van der Waals surface area (Å²) in [6, 6.07) is 16.2. The summed E-state index contributed by atoms with van der Waals surface area (Å²) in [4.78, 5) is 39.9. The van der Waals surface area contributed by atoms with E-state index in [9.17, 15) is 14.4 Å². The average molecular weight is 494 g/mol. The molecule has 1 saturated heterocycles. The predicted octanol–water partition coefficient (Wildman–Crippen LogP) is 3.72. The first-order valence-corrected chi connectivity index (χ1v) is 12.1. The molecule has 35 heavy (non-hydrogen) atoms. The van der Waals surface area contributed by atoms with Crippen LogP contribution >= 0.6 is 11.3 Å². The van der Waals surface area contributed by atoms with Gasteiger partial charge >= 0.3 is 12.1 Å². The highest BCUT2D eigenvalue weighted by atomic mass is 32.1. The molecular weight excluding hydrogens is 470 g/mol. The second kappa shape index (κ2) is 9.85. The zero-order chi connectivity index (χ0) is 24.4. The van der Waals surface area contributed by atoms with E-state index in [0.717, 1.165) is 33.6 Å². The van der Waals surface area contributed by atoms with Gasteiger partial charge in [-0.05, 0) is 28.7 Å². The Morgan fingerprint density at radius 3 is 2.43 bits per heavy atom. The molecule has 0 radical (unpaired) electrons. The van der Waals surface area contributed by atoms with E-state index < -0.39 is 23.9 Å². The van der Waals surface area contributed by atoms with Gasteiger partial charge in [0.2, 0.25) is 0 Å². The standard InChI is InChI=1S/C25H23N3O6S/c29-22(26-10-15-9-14(11-33-15)23(30)31)21-13-35-24(27-21)28-25(32)34-12-20-18-7-3-1-5-16(18)17-6-2-4-8-19(17)20/h1-8,13-15,20H,9-12H2,(H,26,29)(H,30,31)(H,27,28,32). The Bertz CT molecular complexity index is 1230. The molecule has 9 nitrogen and oxygen atoms in total. The van der Waals surface area contributed by atoms with Gasteiger partial charge in [0.1, 0.15) is 12.3 Å². The maximum atomic E-state index is 12.4. The number of benzene rings is 2. The molecule has 2 atom stereocenters. The molecule has 1 aliphatic carbocycles. The summed E-state index contributed by atoms with van der Waals surface area (Å²) in [5, 5.41) is 16.1. The number of aliphatic carboxylic acids is 1. The highest BCUT2D eigenvalue weighted by molar-refractivity contribution is 7.14. The number of anilines is 1. The van der Waals surface area contributed by atoms with E-state index in [-0.39, 0.29) is 42.6 Å². The molecular formula is C25H23N3O6S. The van der Waals surface area contributed by atoms with Crippen LogP contribution in [-0.4, -0.2) is 53.9 Å². The maximum Gasteiger partial charge on any atom is 0.413 e. The van der Waals surface area contributed by atoms with Crippen LogP contribution in [0.5, 0.6) is 0 Å². The van der Waals surface area contributed by atoms with Crippen LogP contribution in [0.2, 0.25) is 0 Å². The Balaban J connectivity index is 1.13. The number of hydrogen-bond donors (Lipinski definition) is 3. The molecule has 0 bridgehead atoms. The van der Waals surface area contributed by atoms with Crippen molar-refractivity contribution < 1.29 is 29.0 Å². The van der Waals surface area contributed by atoms with Crippen molar-refractivity contribution in [1.29, 1.82) is 0 Å². The van der Waals surface area contributed by atoms with Crippen LogP contribution in [0.1, 0.15) is 34.0 Å². The van der Waals surface area contributed by atoms with Crippen molar-refractivity contribution in [2.24, 2.45) is 5.92 Å². The van der Waals surface area contributed by atoms with E-state index >= 15 is 0 Å². The van der Waals surface area contributed by atoms with Crippen LogP contribution in [0, 0.1) is 5.92 Å². The fourth-order valence-corrected chi connectivity index (χ4v) is 5.15. The molecule has 10 heteroatoms. The first kappa shape index (κ1) is 23.0. The molecule has 5 rings (SSSR count). The van der Waals surface area contributed by atoms with Gasteiger partial charge in [-0.2, -0.15) is 0 Å². The van der Waals surface area contributed by atoms with Crippen molar-refractivity contribution in [2.45, 2.75) is 18.4 Å². The van der Waals surface area contributed by atoms with Crippen LogP contribution < -0.4 is 10.6 Å². The lowest BCUT2D eigenvalue weighted by Crippen LogP contribution is -2.32. The quantitative estimate of drug-likeness (QED) is 0.458. The Hall–Kier alpha value is -3.76. The van der Waals surface area contributed by atoms with E-state index in [2.05, 4.69) is 27.8 Å². The minimum absolute atomic E-state index is 0.0516. The van der Waals surface area contributed by atoms with E-state index in [1.54, 1.807) is 0 Å². The van der Waals surface area contributed by atoms with Gasteiger partial charge < -0.3 is 19.9 Å². The van der Waals surface area contributed by atoms with E-state index in [1.165, 1.54) is 5.38 Å². The van der Waals surface area contributed by atoms with Gasteiger partial charge in [0.15, 0.2) is 5.13 Å². The lowest BCUT2D eigenvalue weighted by atomic mass is 9.98. The average Bonchev–Trinajstić information content (AvgIpc) is 3.59. The van der Waals surface area contributed by atoms with Gasteiger partial charge in [-0.15, -0.1) is 11.3 Å². The van der Waals surface area contributed by atoms with Crippen molar-refractivity contribution in [1.82, 2.24) is 10.3 Å². The molecule has 0 saturated carbocycles. The predicted molar refractivity (Wildman–Crippen MR) is 129 cm³/mol. The van der Waals surface area contributed by atoms with Crippen LogP contribution in [0.4, 0.5) is 9.93 Å². The number of ether oxygens (including phenoxy) is 2. The van der Waals surface area contributed by atoms with Gasteiger partial charge in [0, 0.05) is 17.8 Å². The zero-order valence-electron chi connectivity index (χ0n) is 18.6. The first-order valence-electron chi connectivity index (χ1n) is 11.2. The number of carbonyl (C=O) groups is 3. The molecule has 1 fully saturated rings. The lowest BCUT2D eigenvalue weighted by molar-refractivity contribution is -0.141. The summed E-state index contributed by atoms with van der Waals surface area (Å²) in [5.74, 6) is -1.93. The minimum Gasteiger partial charge on any atom is -0.481 e. The fourth-order valence-electron chi connectivity index (χ4n) is 4.47. The van der Waals surface area contributed by atoms with Crippen LogP contribution in [0.15, 0.2) is 53.9 Å². The molecule has 2 amide bonds. The molecule has 1 aliphatic heterocycles. The molecule has 3 aromatic rings. The molecule has 2 heterocycles. The highest BCUT2D eigenvalue weighted by Crippen LogP contribution is 2.44. The summed E-state index contributed by atoms with van der Waals surface area (Å²) < 4.78 is 10.9.